The Morgan fingerprint density at radius 3 is 2.58 bits per heavy atom. The summed E-state index contributed by atoms with van der Waals surface area (Å²) in [6, 6.07) is 5.35. The van der Waals surface area contributed by atoms with Crippen LogP contribution in [0.1, 0.15) is 37.9 Å². The van der Waals surface area contributed by atoms with E-state index in [1.165, 1.54) is 30.7 Å². The number of hydrogen-bond acceptors (Lipinski definition) is 3. The van der Waals surface area contributed by atoms with Crippen LogP contribution in [-0.4, -0.2) is 48.8 Å². The fourth-order valence-corrected chi connectivity index (χ4v) is 3.02. The molecule has 1 aliphatic heterocycles. The smallest absolute Gasteiger partial charge is 0.314 e. The highest BCUT2D eigenvalue weighted by atomic mass is 19.1. The van der Waals surface area contributed by atoms with Crippen LogP contribution >= 0.6 is 0 Å². The third-order valence-corrected chi connectivity index (χ3v) is 4.51. The minimum Gasteiger partial charge on any atom is -0.387 e. The molecule has 0 spiro atoms. The highest BCUT2D eigenvalue weighted by Crippen LogP contribution is 2.16. The Morgan fingerprint density at radius 2 is 1.96 bits per heavy atom. The predicted molar refractivity (Wildman–Crippen MR) is 92.2 cm³/mol. The molecular weight excluding hydrogens is 309 g/mol. The van der Waals surface area contributed by atoms with Crippen LogP contribution in [0.4, 0.5) is 9.18 Å². The van der Waals surface area contributed by atoms with Gasteiger partial charge >= 0.3 is 6.03 Å². The van der Waals surface area contributed by atoms with Gasteiger partial charge in [-0.2, -0.15) is 0 Å². The first kappa shape index (κ1) is 18.7. The number of aliphatic hydroxyl groups is 1. The van der Waals surface area contributed by atoms with E-state index in [1.807, 2.05) is 0 Å². The molecule has 1 atom stereocenters. The van der Waals surface area contributed by atoms with Crippen LogP contribution in [0, 0.1) is 11.7 Å². The van der Waals surface area contributed by atoms with E-state index in [0.717, 1.165) is 32.5 Å². The number of amides is 2. The molecule has 24 heavy (non-hydrogen) atoms. The first-order valence-electron chi connectivity index (χ1n) is 8.76. The van der Waals surface area contributed by atoms with E-state index in [0.29, 0.717) is 18.0 Å². The van der Waals surface area contributed by atoms with Crippen molar-refractivity contribution in [2.75, 3.05) is 32.7 Å². The van der Waals surface area contributed by atoms with Crippen LogP contribution in [0.5, 0.6) is 0 Å². The van der Waals surface area contributed by atoms with Crippen LogP contribution < -0.4 is 10.6 Å². The van der Waals surface area contributed by atoms with Crippen molar-refractivity contribution in [1.82, 2.24) is 15.5 Å². The lowest BCUT2D eigenvalue weighted by atomic mass is 9.97. The number of hydrogen-bond donors (Lipinski definition) is 3. The summed E-state index contributed by atoms with van der Waals surface area (Å²) in [4.78, 5) is 14.3. The molecule has 0 radical (unpaired) electrons. The number of rotatable bonds is 7. The molecule has 1 heterocycles. The zero-order valence-corrected chi connectivity index (χ0v) is 14.3. The molecule has 2 rings (SSSR count). The molecule has 1 aromatic rings. The summed E-state index contributed by atoms with van der Waals surface area (Å²) in [6.45, 7) is 6.32. The van der Waals surface area contributed by atoms with Gasteiger partial charge < -0.3 is 20.6 Å². The topological polar surface area (TPSA) is 64.6 Å². The highest BCUT2D eigenvalue weighted by Gasteiger charge is 2.19. The summed E-state index contributed by atoms with van der Waals surface area (Å²) in [5.41, 5.74) is 0.583. The maximum Gasteiger partial charge on any atom is 0.314 e. The Labute approximate surface area is 143 Å². The predicted octanol–water partition coefficient (Wildman–Crippen LogP) is 2.28. The van der Waals surface area contributed by atoms with Gasteiger partial charge in [-0.1, -0.05) is 19.1 Å². The Bertz CT molecular complexity index is 501. The molecule has 1 saturated heterocycles. The molecule has 6 heteroatoms. The van der Waals surface area contributed by atoms with Crippen LogP contribution in [0.3, 0.4) is 0 Å². The van der Waals surface area contributed by atoms with Crippen molar-refractivity contribution in [3.63, 3.8) is 0 Å². The molecule has 1 aliphatic rings. The van der Waals surface area contributed by atoms with Gasteiger partial charge in [0.15, 0.2) is 0 Å². The number of nitrogens with one attached hydrogen (secondary N) is 2. The van der Waals surface area contributed by atoms with Crippen LogP contribution in [0.15, 0.2) is 24.3 Å². The van der Waals surface area contributed by atoms with Gasteiger partial charge in [0, 0.05) is 13.1 Å². The normalized spacial score (nSPS) is 17.5. The van der Waals surface area contributed by atoms with Crippen LogP contribution in [0.25, 0.3) is 0 Å². The molecule has 2 amide bonds. The summed E-state index contributed by atoms with van der Waals surface area (Å²) in [7, 11) is 0. The van der Waals surface area contributed by atoms with Gasteiger partial charge in [-0.05, 0) is 62.5 Å². The van der Waals surface area contributed by atoms with Crippen molar-refractivity contribution >= 4 is 6.03 Å². The number of benzene rings is 1. The summed E-state index contributed by atoms with van der Waals surface area (Å²) in [5, 5.41) is 15.5. The molecule has 0 aliphatic carbocycles. The quantitative estimate of drug-likeness (QED) is 0.715. The molecule has 0 saturated carbocycles. The van der Waals surface area contributed by atoms with E-state index in [2.05, 4.69) is 22.5 Å². The number of halogens is 1. The number of aliphatic hydroxyl groups excluding tert-OH is 1. The second-order valence-corrected chi connectivity index (χ2v) is 6.44. The van der Waals surface area contributed by atoms with Crippen molar-refractivity contribution in [3.8, 4) is 0 Å². The van der Waals surface area contributed by atoms with Gasteiger partial charge in [0.05, 0.1) is 6.10 Å². The number of urea groups is 1. The van der Waals surface area contributed by atoms with Gasteiger partial charge in [-0.15, -0.1) is 0 Å². The van der Waals surface area contributed by atoms with Gasteiger partial charge in [-0.3, -0.25) is 0 Å². The number of nitrogens with zero attached hydrogens (tertiary/aromatic N) is 1. The third-order valence-electron chi connectivity index (χ3n) is 4.51. The van der Waals surface area contributed by atoms with E-state index in [1.54, 1.807) is 0 Å². The Hall–Kier alpha value is -1.66. The van der Waals surface area contributed by atoms with Gasteiger partial charge in [0.25, 0.3) is 0 Å². The largest absolute Gasteiger partial charge is 0.387 e. The van der Waals surface area contributed by atoms with Crippen molar-refractivity contribution < 1.29 is 14.3 Å². The second kappa shape index (κ2) is 9.59. The third kappa shape index (κ3) is 6.09. The SMILES string of the molecule is CCCN1CCC(CNC(=O)NCC(O)c2ccc(F)cc2)CC1. The number of likely N-dealkylation sites (tertiary alicyclic amines) is 1. The summed E-state index contributed by atoms with van der Waals surface area (Å²) in [6.07, 6.45) is 2.56. The van der Waals surface area contributed by atoms with Gasteiger partial charge in [-0.25, -0.2) is 9.18 Å². The first-order chi connectivity index (χ1) is 11.6. The lowest BCUT2D eigenvalue weighted by Crippen LogP contribution is -2.43. The molecule has 134 valence electrons. The van der Waals surface area contributed by atoms with E-state index >= 15 is 0 Å². The van der Waals surface area contributed by atoms with Crippen LogP contribution in [0.2, 0.25) is 0 Å². The first-order valence-corrected chi connectivity index (χ1v) is 8.76. The van der Waals surface area contributed by atoms with E-state index in [4.69, 9.17) is 0 Å². The average molecular weight is 337 g/mol. The van der Waals surface area contributed by atoms with E-state index < -0.39 is 6.10 Å². The number of carbonyl (C=O) groups excluding carboxylic acids is 1. The van der Waals surface area contributed by atoms with Crippen molar-refractivity contribution in [3.05, 3.63) is 35.6 Å². The zero-order valence-electron chi connectivity index (χ0n) is 14.3. The minimum atomic E-state index is -0.839. The maximum absolute atomic E-state index is 12.8. The molecule has 5 nitrogen and oxygen atoms in total. The molecule has 0 bridgehead atoms. The molecule has 3 N–H and O–H groups in total. The molecule has 1 aromatic carbocycles. The molecule has 1 fully saturated rings. The molecule has 0 aromatic heterocycles. The number of piperidine rings is 1. The van der Waals surface area contributed by atoms with Crippen molar-refractivity contribution in [2.45, 2.75) is 32.3 Å². The van der Waals surface area contributed by atoms with Gasteiger partial charge in [0.1, 0.15) is 5.82 Å². The lowest BCUT2D eigenvalue weighted by Gasteiger charge is -2.31. The zero-order chi connectivity index (χ0) is 17.4. The van der Waals surface area contributed by atoms with Gasteiger partial charge in [0.2, 0.25) is 0 Å². The lowest BCUT2D eigenvalue weighted by molar-refractivity contribution is 0.169. The van der Waals surface area contributed by atoms with Crippen molar-refractivity contribution in [1.29, 1.82) is 0 Å². The minimum absolute atomic E-state index is 0.104. The maximum atomic E-state index is 12.8. The summed E-state index contributed by atoms with van der Waals surface area (Å²) < 4.78 is 12.8. The number of carbonyl (C=O) groups is 1. The summed E-state index contributed by atoms with van der Waals surface area (Å²) >= 11 is 0. The Kier molecular flexibility index (Phi) is 7.46. The second-order valence-electron chi connectivity index (χ2n) is 6.44. The Balaban J connectivity index is 1.62. The highest BCUT2D eigenvalue weighted by molar-refractivity contribution is 5.73. The molecule has 1 unspecified atom stereocenters. The van der Waals surface area contributed by atoms with E-state index in [9.17, 15) is 14.3 Å². The van der Waals surface area contributed by atoms with Crippen LogP contribution in [-0.2, 0) is 0 Å². The van der Waals surface area contributed by atoms with E-state index in [-0.39, 0.29) is 18.4 Å². The fourth-order valence-electron chi connectivity index (χ4n) is 3.02. The molecular formula is C18H28FN3O2. The average Bonchev–Trinajstić information content (AvgIpc) is 2.60. The monoisotopic (exact) mass is 337 g/mol. The Morgan fingerprint density at radius 1 is 1.29 bits per heavy atom. The van der Waals surface area contributed by atoms with Crippen molar-refractivity contribution in [2.24, 2.45) is 5.92 Å². The standard InChI is InChI=1S/C18H28FN3O2/c1-2-9-22-10-7-14(8-11-22)12-20-18(24)21-13-17(23)15-3-5-16(19)6-4-15/h3-6,14,17,23H,2,7-13H2,1H3,(H2,20,21,24). The summed E-state index contributed by atoms with van der Waals surface area (Å²) in [5.74, 6) is 0.174. The fraction of sp³-hybridized carbons (Fsp3) is 0.611.